The number of fused-ring (bicyclic) bond motifs is 1. The summed E-state index contributed by atoms with van der Waals surface area (Å²) in [4.78, 5) is 20.9. The van der Waals surface area contributed by atoms with Crippen LogP contribution < -0.4 is 10.3 Å². The molecule has 3 aromatic rings. The van der Waals surface area contributed by atoms with Gasteiger partial charge in [-0.1, -0.05) is 0 Å². The Labute approximate surface area is 186 Å². The first-order valence-corrected chi connectivity index (χ1v) is 11.1. The van der Waals surface area contributed by atoms with Gasteiger partial charge in [-0.15, -0.1) is 5.10 Å². The molecule has 2 saturated heterocycles. The predicted molar refractivity (Wildman–Crippen MR) is 119 cm³/mol. The van der Waals surface area contributed by atoms with E-state index in [1.807, 2.05) is 28.9 Å². The number of pyridine rings is 1. The van der Waals surface area contributed by atoms with Crippen LogP contribution in [0.15, 0.2) is 29.1 Å². The van der Waals surface area contributed by atoms with Gasteiger partial charge in [-0.25, -0.2) is 4.68 Å². The quantitative estimate of drug-likeness (QED) is 0.608. The van der Waals surface area contributed by atoms with E-state index in [-0.39, 0.29) is 17.7 Å². The van der Waals surface area contributed by atoms with E-state index in [1.165, 1.54) is 0 Å². The van der Waals surface area contributed by atoms with Crippen LogP contribution in [0.2, 0.25) is 0 Å². The van der Waals surface area contributed by atoms with Crippen molar-refractivity contribution in [1.82, 2.24) is 35.0 Å². The standard InChI is InChI=1S/C22H29N7O3/c1-27-7-9-28(10-8-27)20(21-24-25-26-29(21)14-17-4-3-11-32-17)18-12-15-5-6-16(31-2)13-19(15)23-22(18)30/h5-6,12-13,17,20H,3-4,7-11,14H2,1-2H3,(H,23,30)/t17-,20-/m1/s1. The summed E-state index contributed by atoms with van der Waals surface area (Å²) in [6, 6.07) is 7.32. The van der Waals surface area contributed by atoms with Crippen LogP contribution in [-0.4, -0.2) is 88.0 Å². The summed E-state index contributed by atoms with van der Waals surface area (Å²) in [5, 5.41) is 13.6. The summed E-state index contributed by atoms with van der Waals surface area (Å²) in [7, 11) is 3.73. The third kappa shape index (κ3) is 4.13. The molecule has 0 saturated carbocycles. The molecule has 2 atom stereocenters. The normalized spacial score (nSPS) is 21.2. The minimum Gasteiger partial charge on any atom is -0.497 e. The lowest BCUT2D eigenvalue weighted by Gasteiger charge is -2.37. The third-order valence-corrected chi connectivity index (χ3v) is 6.48. The maximum atomic E-state index is 13.3. The smallest absolute Gasteiger partial charge is 0.253 e. The van der Waals surface area contributed by atoms with E-state index in [1.54, 1.807) is 7.11 Å². The Balaban J connectivity index is 1.57. The molecule has 0 amide bonds. The van der Waals surface area contributed by atoms with Gasteiger partial charge in [0.05, 0.1) is 25.3 Å². The van der Waals surface area contributed by atoms with Crippen LogP contribution >= 0.6 is 0 Å². The largest absolute Gasteiger partial charge is 0.497 e. The molecule has 1 N–H and O–H groups in total. The highest BCUT2D eigenvalue weighted by Gasteiger charge is 2.33. The number of nitrogens with one attached hydrogen (secondary N) is 1. The number of aromatic amines is 1. The van der Waals surface area contributed by atoms with Crippen LogP contribution in [0.1, 0.15) is 30.3 Å². The Hall–Kier alpha value is -2.82. The van der Waals surface area contributed by atoms with Crippen LogP contribution in [0, 0.1) is 0 Å². The minimum absolute atomic E-state index is 0.104. The van der Waals surface area contributed by atoms with Gasteiger partial charge < -0.3 is 19.4 Å². The molecule has 10 nitrogen and oxygen atoms in total. The molecular weight excluding hydrogens is 410 g/mol. The Morgan fingerprint density at radius 3 is 2.84 bits per heavy atom. The van der Waals surface area contributed by atoms with E-state index >= 15 is 0 Å². The summed E-state index contributed by atoms with van der Waals surface area (Å²) in [5.74, 6) is 1.39. The monoisotopic (exact) mass is 439 g/mol. The number of methoxy groups -OCH3 is 1. The number of tetrazole rings is 1. The fourth-order valence-electron chi connectivity index (χ4n) is 4.62. The Morgan fingerprint density at radius 1 is 1.25 bits per heavy atom. The topological polar surface area (TPSA) is 101 Å². The molecule has 10 heteroatoms. The number of rotatable bonds is 6. The zero-order chi connectivity index (χ0) is 22.1. The molecule has 0 radical (unpaired) electrons. The fraction of sp³-hybridized carbons (Fsp3) is 0.545. The SMILES string of the molecule is COc1ccc2cc([C@H](c3nnnn3C[C@H]3CCCO3)N3CCN(C)CC3)c(=O)[nH]c2c1. The summed E-state index contributed by atoms with van der Waals surface area (Å²) in [6.07, 6.45) is 2.15. The van der Waals surface area contributed by atoms with Crippen molar-refractivity contribution in [1.29, 1.82) is 0 Å². The number of nitrogens with zero attached hydrogens (tertiary/aromatic N) is 6. The van der Waals surface area contributed by atoms with Crippen LogP contribution in [0.5, 0.6) is 5.75 Å². The molecule has 170 valence electrons. The molecule has 0 bridgehead atoms. The molecule has 0 aliphatic carbocycles. The summed E-state index contributed by atoms with van der Waals surface area (Å²) in [5.41, 5.74) is 1.26. The van der Waals surface area contributed by atoms with Gasteiger partial charge in [-0.2, -0.15) is 0 Å². The van der Waals surface area contributed by atoms with E-state index in [0.717, 1.165) is 56.5 Å². The van der Waals surface area contributed by atoms with Crippen LogP contribution in [0.25, 0.3) is 10.9 Å². The van der Waals surface area contributed by atoms with E-state index < -0.39 is 0 Å². The molecule has 2 aliphatic heterocycles. The van der Waals surface area contributed by atoms with Crippen molar-refractivity contribution in [3.8, 4) is 5.75 Å². The lowest BCUT2D eigenvalue weighted by molar-refractivity contribution is 0.0878. The summed E-state index contributed by atoms with van der Waals surface area (Å²) in [6.45, 7) is 4.87. The lowest BCUT2D eigenvalue weighted by atomic mass is 10.0. The van der Waals surface area contributed by atoms with Gasteiger partial charge in [-0.3, -0.25) is 9.69 Å². The summed E-state index contributed by atoms with van der Waals surface area (Å²) >= 11 is 0. The zero-order valence-corrected chi connectivity index (χ0v) is 18.5. The van der Waals surface area contributed by atoms with E-state index in [0.29, 0.717) is 23.7 Å². The van der Waals surface area contributed by atoms with Crippen molar-refractivity contribution in [2.24, 2.45) is 0 Å². The number of ether oxygens (including phenoxy) is 2. The maximum Gasteiger partial charge on any atom is 0.253 e. The minimum atomic E-state index is -0.338. The van der Waals surface area contributed by atoms with Gasteiger partial charge in [0, 0.05) is 44.4 Å². The van der Waals surface area contributed by atoms with Crippen molar-refractivity contribution in [3.63, 3.8) is 0 Å². The molecule has 2 fully saturated rings. The highest BCUT2D eigenvalue weighted by atomic mass is 16.5. The van der Waals surface area contributed by atoms with E-state index in [9.17, 15) is 4.79 Å². The van der Waals surface area contributed by atoms with Gasteiger partial charge in [0.25, 0.3) is 5.56 Å². The molecule has 2 aliphatic rings. The number of aromatic nitrogens is 5. The van der Waals surface area contributed by atoms with Crippen LogP contribution in [0.4, 0.5) is 0 Å². The zero-order valence-electron chi connectivity index (χ0n) is 18.5. The molecular formula is C22H29N7O3. The van der Waals surface area contributed by atoms with Crippen LogP contribution in [-0.2, 0) is 11.3 Å². The van der Waals surface area contributed by atoms with E-state index in [4.69, 9.17) is 9.47 Å². The van der Waals surface area contributed by atoms with Gasteiger partial charge in [0.2, 0.25) is 0 Å². The molecule has 2 aromatic heterocycles. The van der Waals surface area contributed by atoms with Gasteiger partial charge in [0.1, 0.15) is 11.8 Å². The lowest BCUT2D eigenvalue weighted by Crippen LogP contribution is -2.47. The Bertz CT molecular complexity index is 1130. The molecule has 0 unspecified atom stereocenters. The number of piperazine rings is 1. The second-order valence-electron chi connectivity index (χ2n) is 8.60. The van der Waals surface area contributed by atoms with Gasteiger partial charge in [-0.05, 0) is 53.9 Å². The number of likely N-dealkylation sites (N-methyl/N-ethyl adjacent to an activating group) is 1. The first-order chi connectivity index (χ1) is 15.6. The molecule has 0 spiro atoms. The average Bonchev–Trinajstić information content (AvgIpc) is 3.48. The first kappa shape index (κ1) is 21.0. The van der Waals surface area contributed by atoms with Crippen molar-refractivity contribution >= 4 is 10.9 Å². The molecule has 32 heavy (non-hydrogen) atoms. The highest BCUT2D eigenvalue weighted by Crippen LogP contribution is 2.29. The van der Waals surface area contributed by atoms with Crippen LogP contribution in [0.3, 0.4) is 0 Å². The Morgan fingerprint density at radius 2 is 2.09 bits per heavy atom. The second kappa shape index (κ2) is 8.97. The number of hydrogen-bond donors (Lipinski definition) is 1. The first-order valence-electron chi connectivity index (χ1n) is 11.1. The van der Waals surface area contributed by atoms with Crippen molar-refractivity contribution in [2.45, 2.75) is 31.5 Å². The van der Waals surface area contributed by atoms with Gasteiger partial charge >= 0.3 is 0 Å². The molecule has 1 aromatic carbocycles. The number of H-pyrrole nitrogens is 1. The summed E-state index contributed by atoms with van der Waals surface area (Å²) < 4.78 is 12.9. The maximum absolute atomic E-state index is 13.3. The fourth-order valence-corrected chi connectivity index (χ4v) is 4.62. The second-order valence-corrected chi connectivity index (χ2v) is 8.60. The van der Waals surface area contributed by atoms with Gasteiger partial charge in [0.15, 0.2) is 5.82 Å². The predicted octanol–water partition coefficient (Wildman–Crippen LogP) is 1.04. The number of hydrogen-bond acceptors (Lipinski definition) is 8. The van der Waals surface area contributed by atoms with E-state index in [2.05, 4.69) is 37.4 Å². The van der Waals surface area contributed by atoms with Crippen molar-refractivity contribution in [3.05, 3.63) is 46.0 Å². The van der Waals surface area contributed by atoms with Crippen molar-refractivity contribution in [2.75, 3.05) is 46.9 Å². The molecule has 5 rings (SSSR count). The van der Waals surface area contributed by atoms with Crippen molar-refractivity contribution < 1.29 is 9.47 Å². The Kier molecular flexibility index (Phi) is 5.90. The average molecular weight is 440 g/mol. The number of benzene rings is 1. The highest BCUT2D eigenvalue weighted by molar-refractivity contribution is 5.80. The molecule has 4 heterocycles. The third-order valence-electron chi connectivity index (χ3n) is 6.48.